The third kappa shape index (κ3) is 8.88. The van der Waals surface area contributed by atoms with Crippen LogP contribution in [0.3, 0.4) is 0 Å². The predicted octanol–water partition coefficient (Wildman–Crippen LogP) is 2.84. The fraction of sp³-hybridized carbons (Fsp3) is 0.429. The highest BCUT2D eigenvalue weighted by Gasteiger charge is 2.24. The van der Waals surface area contributed by atoms with Gasteiger partial charge >= 0.3 is 0 Å². The van der Waals surface area contributed by atoms with Crippen LogP contribution in [-0.2, 0) is 16.9 Å². The number of ether oxygens (including phenoxy) is 1. The fourth-order valence-electron chi connectivity index (χ4n) is 2.57. The minimum Gasteiger partial charge on any atom is -0.484 e. The number of benzene rings is 1. The van der Waals surface area contributed by atoms with E-state index in [9.17, 15) is 9.90 Å². The van der Waals surface area contributed by atoms with Crippen LogP contribution in [0, 0.1) is 0 Å². The van der Waals surface area contributed by atoms with E-state index >= 15 is 0 Å². The summed E-state index contributed by atoms with van der Waals surface area (Å²) in [4.78, 5) is 17.0. The van der Waals surface area contributed by atoms with Crippen molar-refractivity contribution in [3.63, 3.8) is 0 Å². The number of guanidine groups is 1. The number of aliphatic hydroxyl groups is 1. The average molecular weight is 546 g/mol. The molecule has 1 aromatic carbocycles. The van der Waals surface area contributed by atoms with Gasteiger partial charge in [0.2, 0.25) is 0 Å². The molecule has 0 spiro atoms. The molecule has 1 aromatic heterocycles. The van der Waals surface area contributed by atoms with Crippen LogP contribution in [0.15, 0.2) is 46.8 Å². The minimum absolute atomic E-state index is 0. The Kier molecular flexibility index (Phi) is 11.7. The van der Waals surface area contributed by atoms with Crippen molar-refractivity contribution in [1.82, 2.24) is 16.0 Å². The van der Waals surface area contributed by atoms with Gasteiger partial charge in [0.15, 0.2) is 12.6 Å². The van der Waals surface area contributed by atoms with Crippen LogP contribution in [0.5, 0.6) is 5.75 Å². The molecule has 1 unspecified atom stereocenters. The van der Waals surface area contributed by atoms with E-state index < -0.39 is 5.60 Å². The maximum Gasteiger partial charge on any atom is 0.257 e. The van der Waals surface area contributed by atoms with Crippen LogP contribution in [-0.4, -0.2) is 43.2 Å². The Labute approximate surface area is 199 Å². The Bertz CT molecular complexity index is 797. The van der Waals surface area contributed by atoms with Gasteiger partial charge in [-0.15, -0.1) is 35.3 Å². The summed E-state index contributed by atoms with van der Waals surface area (Å²) in [6.07, 6.45) is 0. The number of halogens is 1. The summed E-state index contributed by atoms with van der Waals surface area (Å²) in [5.41, 5.74) is -0.0161. The Morgan fingerprint density at radius 1 is 1.17 bits per heavy atom. The summed E-state index contributed by atoms with van der Waals surface area (Å²) in [5, 5.41) is 21.7. The van der Waals surface area contributed by atoms with Crippen molar-refractivity contribution in [2.75, 3.05) is 26.2 Å². The number of hydrogen-bond acceptors (Lipinski definition) is 5. The molecular weight excluding hydrogens is 515 g/mol. The molecule has 0 saturated heterocycles. The van der Waals surface area contributed by atoms with Gasteiger partial charge in [-0.1, -0.05) is 18.2 Å². The summed E-state index contributed by atoms with van der Waals surface area (Å²) in [6, 6.07) is 11.4. The molecule has 0 aliphatic heterocycles. The molecule has 4 N–H and O–H groups in total. The van der Waals surface area contributed by atoms with Crippen molar-refractivity contribution in [1.29, 1.82) is 0 Å². The number of amides is 1. The summed E-state index contributed by atoms with van der Waals surface area (Å²) in [6.45, 7) is 7.70. The van der Waals surface area contributed by atoms with Crippen molar-refractivity contribution in [2.45, 2.75) is 32.9 Å². The molecule has 1 heterocycles. The molecule has 0 aliphatic carbocycles. The average Bonchev–Trinajstić information content (AvgIpc) is 3.25. The summed E-state index contributed by atoms with van der Waals surface area (Å²) in [7, 11) is 0. The van der Waals surface area contributed by atoms with Crippen molar-refractivity contribution in [2.24, 2.45) is 4.99 Å². The lowest BCUT2D eigenvalue weighted by atomic mass is 10.1. The second-order valence-electron chi connectivity index (χ2n) is 6.69. The van der Waals surface area contributed by atoms with Crippen LogP contribution < -0.4 is 20.7 Å². The summed E-state index contributed by atoms with van der Waals surface area (Å²) < 4.78 is 5.53. The molecule has 0 saturated carbocycles. The molecule has 0 bridgehead atoms. The van der Waals surface area contributed by atoms with Gasteiger partial charge < -0.3 is 25.8 Å². The van der Waals surface area contributed by atoms with E-state index in [1.54, 1.807) is 6.92 Å². The lowest BCUT2D eigenvalue weighted by molar-refractivity contribution is -0.122. The Morgan fingerprint density at radius 3 is 2.60 bits per heavy atom. The lowest BCUT2D eigenvalue weighted by Crippen LogP contribution is -2.44. The molecule has 9 heteroatoms. The summed E-state index contributed by atoms with van der Waals surface area (Å²) in [5.74, 6) is 1.10. The first-order valence-corrected chi connectivity index (χ1v) is 10.6. The molecule has 0 aliphatic rings. The van der Waals surface area contributed by atoms with Crippen molar-refractivity contribution in [3.05, 3.63) is 52.2 Å². The topological polar surface area (TPSA) is 95.0 Å². The van der Waals surface area contributed by atoms with E-state index in [0.717, 1.165) is 10.4 Å². The second-order valence-corrected chi connectivity index (χ2v) is 7.64. The molecule has 2 aromatic rings. The SMILES string of the molecule is CCNC(=O)COc1cccc(CN=C(NCC)NCC(C)(O)c2cccs2)c1.I. The quantitative estimate of drug-likeness (QED) is 0.209. The third-order valence-corrected chi connectivity index (χ3v) is 5.18. The molecule has 166 valence electrons. The monoisotopic (exact) mass is 546 g/mol. The Balaban J connectivity index is 0.00000450. The Morgan fingerprint density at radius 2 is 1.93 bits per heavy atom. The summed E-state index contributed by atoms with van der Waals surface area (Å²) >= 11 is 1.52. The van der Waals surface area contributed by atoms with Crippen molar-refractivity contribution >= 4 is 47.2 Å². The molecular formula is C21H31IN4O3S. The smallest absolute Gasteiger partial charge is 0.257 e. The van der Waals surface area contributed by atoms with Crippen LogP contribution in [0.1, 0.15) is 31.2 Å². The highest BCUT2D eigenvalue weighted by molar-refractivity contribution is 14.0. The minimum atomic E-state index is -0.975. The lowest BCUT2D eigenvalue weighted by Gasteiger charge is -2.23. The first-order valence-electron chi connectivity index (χ1n) is 9.71. The third-order valence-electron chi connectivity index (χ3n) is 4.06. The normalized spacial score (nSPS) is 13.0. The highest BCUT2D eigenvalue weighted by Crippen LogP contribution is 2.24. The molecule has 7 nitrogen and oxygen atoms in total. The van der Waals surface area contributed by atoms with Crippen LogP contribution in [0.25, 0.3) is 0 Å². The van der Waals surface area contributed by atoms with Gasteiger partial charge in [-0.3, -0.25) is 4.79 Å². The predicted molar refractivity (Wildman–Crippen MR) is 133 cm³/mol. The standard InChI is InChI=1S/C21H30N4O3S.HI/c1-4-22-19(26)14-28-17-9-6-8-16(12-17)13-24-20(23-5-2)25-15-21(3,27)18-10-7-11-29-18;/h6-12,27H,4-5,13-15H2,1-3H3,(H,22,26)(H2,23,24,25);1H. The second kappa shape index (κ2) is 13.5. The number of hydrogen-bond donors (Lipinski definition) is 4. The van der Waals surface area contributed by atoms with E-state index in [-0.39, 0.29) is 36.5 Å². The molecule has 1 amide bonds. The molecule has 1 atom stereocenters. The number of rotatable bonds is 10. The van der Waals surface area contributed by atoms with Gasteiger partial charge in [0, 0.05) is 18.0 Å². The first-order chi connectivity index (χ1) is 13.9. The van der Waals surface area contributed by atoms with E-state index in [1.807, 2.05) is 55.6 Å². The van der Waals surface area contributed by atoms with Crippen LogP contribution in [0.2, 0.25) is 0 Å². The first kappa shape index (κ1) is 26.2. The highest BCUT2D eigenvalue weighted by atomic mass is 127. The van der Waals surface area contributed by atoms with Gasteiger partial charge in [0.25, 0.3) is 5.91 Å². The van der Waals surface area contributed by atoms with E-state index in [2.05, 4.69) is 20.9 Å². The molecule has 2 rings (SSSR count). The van der Waals surface area contributed by atoms with E-state index in [0.29, 0.717) is 37.9 Å². The van der Waals surface area contributed by atoms with E-state index in [4.69, 9.17) is 4.74 Å². The van der Waals surface area contributed by atoms with Gasteiger partial charge in [0.1, 0.15) is 11.4 Å². The number of likely N-dealkylation sites (N-methyl/N-ethyl adjacent to an activating group) is 1. The maximum absolute atomic E-state index is 11.5. The number of thiophene rings is 1. The number of carbonyl (C=O) groups is 1. The zero-order chi connectivity index (χ0) is 21.1. The molecule has 0 fully saturated rings. The number of aliphatic imine (C=N–C) groups is 1. The van der Waals surface area contributed by atoms with Crippen molar-refractivity contribution in [3.8, 4) is 5.75 Å². The van der Waals surface area contributed by atoms with Gasteiger partial charge in [-0.2, -0.15) is 0 Å². The fourth-order valence-corrected chi connectivity index (χ4v) is 3.36. The number of carbonyl (C=O) groups excluding carboxylic acids is 1. The maximum atomic E-state index is 11.5. The zero-order valence-electron chi connectivity index (χ0n) is 17.6. The molecule has 30 heavy (non-hydrogen) atoms. The largest absolute Gasteiger partial charge is 0.484 e. The zero-order valence-corrected chi connectivity index (χ0v) is 20.8. The Hall–Kier alpha value is -1.85. The van der Waals surface area contributed by atoms with Gasteiger partial charge in [0.05, 0.1) is 13.1 Å². The van der Waals surface area contributed by atoms with Gasteiger partial charge in [-0.05, 0) is 49.9 Å². The molecule has 0 radical (unpaired) electrons. The van der Waals surface area contributed by atoms with E-state index in [1.165, 1.54) is 11.3 Å². The number of nitrogens with zero attached hydrogens (tertiary/aromatic N) is 1. The van der Waals surface area contributed by atoms with Gasteiger partial charge in [-0.25, -0.2) is 4.99 Å². The van der Waals surface area contributed by atoms with Crippen molar-refractivity contribution < 1.29 is 14.6 Å². The van der Waals surface area contributed by atoms with Crippen LogP contribution in [0.4, 0.5) is 0 Å². The number of nitrogens with one attached hydrogen (secondary N) is 3. The van der Waals surface area contributed by atoms with Crippen LogP contribution >= 0.6 is 35.3 Å².